The van der Waals surface area contributed by atoms with Gasteiger partial charge >= 0.3 is 0 Å². The van der Waals surface area contributed by atoms with E-state index in [1.54, 1.807) is 12.1 Å². The standard InChI is InChI=1S/C18H22N4O2/c1-13(2)22(16-6-8-23-9-7-16)12-17-20-21-18(24-17)15-5-3-4-14(10-15)11-19/h3-5,10,13,16H,6-9,12H2,1-2H3. The topological polar surface area (TPSA) is 75.2 Å². The molecule has 3 rings (SSSR count). The summed E-state index contributed by atoms with van der Waals surface area (Å²) in [6.45, 7) is 6.62. The highest BCUT2D eigenvalue weighted by Crippen LogP contribution is 2.23. The number of benzene rings is 1. The molecule has 0 spiro atoms. The number of nitrogens with zero attached hydrogens (tertiary/aromatic N) is 4. The molecule has 0 amide bonds. The number of aromatic nitrogens is 2. The van der Waals surface area contributed by atoms with Gasteiger partial charge in [0.15, 0.2) is 0 Å². The van der Waals surface area contributed by atoms with Gasteiger partial charge < -0.3 is 9.15 Å². The normalized spacial score (nSPS) is 15.8. The van der Waals surface area contributed by atoms with Gasteiger partial charge in [0, 0.05) is 30.9 Å². The van der Waals surface area contributed by atoms with Crippen LogP contribution in [0.4, 0.5) is 0 Å². The highest BCUT2D eigenvalue weighted by Gasteiger charge is 2.25. The van der Waals surface area contributed by atoms with Gasteiger partial charge in [-0.2, -0.15) is 5.26 Å². The molecular formula is C18H22N4O2. The lowest BCUT2D eigenvalue weighted by Gasteiger charge is -2.36. The van der Waals surface area contributed by atoms with E-state index in [-0.39, 0.29) is 0 Å². The average molecular weight is 326 g/mol. The van der Waals surface area contributed by atoms with Crippen LogP contribution in [0.25, 0.3) is 11.5 Å². The second-order valence-electron chi connectivity index (χ2n) is 6.30. The SMILES string of the molecule is CC(C)N(Cc1nnc(-c2cccc(C#N)c2)o1)C1CCOCC1. The minimum Gasteiger partial charge on any atom is -0.419 e. The minimum absolute atomic E-state index is 0.394. The fourth-order valence-electron chi connectivity index (χ4n) is 3.06. The summed E-state index contributed by atoms with van der Waals surface area (Å²) in [5.41, 5.74) is 1.35. The number of nitriles is 1. The summed E-state index contributed by atoms with van der Waals surface area (Å²) in [5.74, 6) is 1.06. The molecule has 126 valence electrons. The third-order valence-corrected chi connectivity index (χ3v) is 4.35. The summed E-state index contributed by atoms with van der Waals surface area (Å²) >= 11 is 0. The van der Waals surface area contributed by atoms with Gasteiger partial charge in [0.05, 0.1) is 18.2 Å². The molecule has 6 heteroatoms. The lowest BCUT2D eigenvalue weighted by molar-refractivity contribution is 0.0154. The maximum absolute atomic E-state index is 9.00. The molecule has 0 saturated carbocycles. The Morgan fingerprint density at radius 2 is 2.08 bits per heavy atom. The quantitative estimate of drug-likeness (QED) is 0.841. The Hall–Kier alpha value is -2.23. The van der Waals surface area contributed by atoms with E-state index in [1.807, 2.05) is 12.1 Å². The summed E-state index contributed by atoms with van der Waals surface area (Å²) in [7, 11) is 0. The third kappa shape index (κ3) is 3.81. The van der Waals surface area contributed by atoms with Crippen molar-refractivity contribution in [1.82, 2.24) is 15.1 Å². The molecule has 24 heavy (non-hydrogen) atoms. The molecule has 0 radical (unpaired) electrons. The predicted octanol–water partition coefficient (Wildman–Crippen LogP) is 3.00. The average Bonchev–Trinajstić information content (AvgIpc) is 3.09. The molecule has 0 atom stereocenters. The number of ether oxygens (including phenoxy) is 1. The van der Waals surface area contributed by atoms with Crippen LogP contribution in [0.1, 0.15) is 38.1 Å². The maximum Gasteiger partial charge on any atom is 0.247 e. The van der Waals surface area contributed by atoms with Crippen LogP contribution in [-0.4, -0.2) is 40.4 Å². The van der Waals surface area contributed by atoms with Crippen molar-refractivity contribution in [3.05, 3.63) is 35.7 Å². The molecule has 0 N–H and O–H groups in total. The zero-order valence-corrected chi connectivity index (χ0v) is 14.1. The number of hydrogen-bond donors (Lipinski definition) is 0. The van der Waals surface area contributed by atoms with E-state index >= 15 is 0 Å². The zero-order valence-electron chi connectivity index (χ0n) is 14.1. The molecule has 1 saturated heterocycles. The van der Waals surface area contributed by atoms with Crippen LogP contribution in [0.3, 0.4) is 0 Å². The van der Waals surface area contributed by atoms with Crippen molar-refractivity contribution in [2.24, 2.45) is 0 Å². The van der Waals surface area contributed by atoms with Gasteiger partial charge in [0.1, 0.15) is 0 Å². The van der Waals surface area contributed by atoms with Gasteiger partial charge in [-0.15, -0.1) is 10.2 Å². The van der Waals surface area contributed by atoms with Crippen molar-refractivity contribution in [3.8, 4) is 17.5 Å². The van der Waals surface area contributed by atoms with Gasteiger partial charge in [-0.25, -0.2) is 0 Å². The Labute approximate surface area is 142 Å². The largest absolute Gasteiger partial charge is 0.419 e. The summed E-state index contributed by atoms with van der Waals surface area (Å²) in [6.07, 6.45) is 2.06. The lowest BCUT2D eigenvalue weighted by atomic mass is 10.1. The smallest absolute Gasteiger partial charge is 0.247 e. The van der Waals surface area contributed by atoms with Crippen molar-refractivity contribution in [1.29, 1.82) is 5.26 Å². The summed E-state index contributed by atoms with van der Waals surface area (Å²) in [6, 6.07) is 10.2. The van der Waals surface area contributed by atoms with Crippen molar-refractivity contribution in [3.63, 3.8) is 0 Å². The molecule has 1 fully saturated rings. The number of rotatable bonds is 5. The fraction of sp³-hybridized carbons (Fsp3) is 0.500. The Balaban J connectivity index is 1.75. The van der Waals surface area contributed by atoms with Crippen LogP contribution in [0, 0.1) is 11.3 Å². The molecule has 1 aliphatic rings. The Morgan fingerprint density at radius 3 is 2.79 bits per heavy atom. The van der Waals surface area contributed by atoms with Gasteiger partial charge in [-0.05, 0) is 44.9 Å². The molecule has 6 nitrogen and oxygen atoms in total. The van der Waals surface area contributed by atoms with Crippen LogP contribution >= 0.6 is 0 Å². The number of hydrogen-bond acceptors (Lipinski definition) is 6. The van der Waals surface area contributed by atoms with Gasteiger partial charge in [-0.3, -0.25) is 4.90 Å². The zero-order chi connectivity index (χ0) is 16.9. The van der Waals surface area contributed by atoms with E-state index in [9.17, 15) is 0 Å². The molecular weight excluding hydrogens is 304 g/mol. The van der Waals surface area contributed by atoms with E-state index in [4.69, 9.17) is 14.4 Å². The molecule has 2 aromatic rings. The molecule has 1 aliphatic heterocycles. The van der Waals surface area contributed by atoms with E-state index in [0.717, 1.165) is 31.6 Å². The molecule has 1 aromatic heterocycles. The van der Waals surface area contributed by atoms with Crippen LogP contribution in [-0.2, 0) is 11.3 Å². The second kappa shape index (κ2) is 7.56. The van der Waals surface area contributed by atoms with Crippen molar-refractivity contribution < 1.29 is 9.15 Å². The van der Waals surface area contributed by atoms with E-state index in [2.05, 4.69) is 35.0 Å². The van der Waals surface area contributed by atoms with E-state index in [0.29, 0.717) is 36.0 Å². The predicted molar refractivity (Wildman–Crippen MR) is 89.0 cm³/mol. The maximum atomic E-state index is 9.00. The molecule has 0 unspecified atom stereocenters. The minimum atomic E-state index is 0.394. The molecule has 0 bridgehead atoms. The first kappa shape index (κ1) is 16.6. The van der Waals surface area contributed by atoms with Crippen LogP contribution in [0.5, 0.6) is 0 Å². The Kier molecular flexibility index (Phi) is 5.24. The van der Waals surface area contributed by atoms with Gasteiger partial charge in [-0.1, -0.05) is 6.07 Å². The first-order valence-electron chi connectivity index (χ1n) is 8.34. The van der Waals surface area contributed by atoms with Gasteiger partial charge in [0.25, 0.3) is 0 Å². The third-order valence-electron chi connectivity index (χ3n) is 4.35. The van der Waals surface area contributed by atoms with Gasteiger partial charge in [0.2, 0.25) is 11.8 Å². The van der Waals surface area contributed by atoms with Crippen LogP contribution < -0.4 is 0 Å². The highest BCUT2D eigenvalue weighted by molar-refractivity contribution is 5.55. The second-order valence-corrected chi connectivity index (χ2v) is 6.30. The molecule has 1 aromatic carbocycles. The Morgan fingerprint density at radius 1 is 1.29 bits per heavy atom. The van der Waals surface area contributed by atoms with Crippen molar-refractivity contribution in [2.75, 3.05) is 13.2 Å². The summed E-state index contributed by atoms with van der Waals surface area (Å²) in [5, 5.41) is 17.3. The summed E-state index contributed by atoms with van der Waals surface area (Å²) in [4.78, 5) is 2.39. The van der Waals surface area contributed by atoms with Crippen LogP contribution in [0.15, 0.2) is 28.7 Å². The first-order chi connectivity index (χ1) is 11.7. The van der Waals surface area contributed by atoms with Crippen LogP contribution in [0.2, 0.25) is 0 Å². The fourth-order valence-corrected chi connectivity index (χ4v) is 3.06. The first-order valence-corrected chi connectivity index (χ1v) is 8.34. The molecule has 0 aliphatic carbocycles. The monoisotopic (exact) mass is 326 g/mol. The van der Waals surface area contributed by atoms with Crippen molar-refractivity contribution in [2.45, 2.75) is 45.3 Å². The Bertz CT molecular complexity index is 714. The van der Waals surface area contributed by atoms with Crippen molar-refractivity contribution >= 4 is 0 Å². The molecule has 2 heterocycles. The van der Waals surface area contributed by atoms with E-state index < -0.39 is 0 Å². The summed E-state index contributed by atoms with van der Waals surface area (Å²) < 4.78 is 11.3. The lowest BCUT2D eigenvalue weighted by Crippen LogP contribution is -2.43. The highest BCUT2D eigenvalue weighted by atomic mass is 16.5. The van der Waals surface area contributed by atoms with E-state index in [1.165, 1.54) is 0 Å².